The summed E-state index contributed by atoms with van der Waals surface area (Å²) in [6.45, 7) is 4.44. The van der Waals surface area contributed by atoms with Crippen LogP contribution in [0.1, 0.15) is 24.4 Å². The number of hydrogen-bond acceptors (Lipinski definition) is 6. The van der Waals surface area contributed by atoms with E-state index in [2.05, 4.69) is 10.2 Å². The van der Waals surface area contributed by atoms with Crippen LogP contribution < -0.4 is 25.9 Å². The second-order valence-corrected chi connectivity index (χ2v) is 9.31. The van der Waals surface area contributed by atoms with Crippen LogP contribution >= 0.6 is 12.4 Å². The summed E-state index contributed by atoms with van der Waals surface area (Å²) in [5.41, 5.74) is 1.45. The molecule has 0 aliphatic carbocycles. The van der Waals surface area contributed by atoms with Crippen molar-refractivity contribution < 1.29 is 13.9 Å². The van der Waals surface area contributed by atoms with E-state index in [4.69, 9.17) is 9.47 Å². The van der Waals surface area contributed by atoms with Gasteiger partial charge in [-0.3, -0.25) is 18.7 Å². The number of hydrogen-bond donors (Lipinski definition) is 1. The van der Waals surface area contributed by atoms with Crippen molar-refractivity contribution in [2.45, 2.75) is 38.0 Å². The molecule has 3 aromatic rings. The number of rotatable bonds is 5. The van der Waals surface area contributed by atoms with Gasteiger partial charge in [0.2, 0.25) is 0 Å². The van der Waals surface area contributed by atoms with Gasteiger partial charge in [-0.15, -0.1) is 12.4 Å². The van der Waals surface area contributed by atoms with Gasteiger partial charge >= 0.3 is 0 Å². The van der Waals surface area contributed by atoms with Crippen molar-refractivity contribution in [3.05, 3.63) is 68.5 Å². The van der Waals surface area contributed by atoms with Gasteiger partial charge in [0.15, 0.2) is 17.3 Å². The third kappa shape index (κ3) is 4.44. The molecule has 186 valence electrons. The molecule has 0 unspecified atom stereocenters. The van der Waals surface area contributed by atoms with Gasteiger partial charge in [0.05, 0.1) is 6.04 Å². The molecule has 3 aliphatic rings. The highest BCUT2D eigenvalue weighted by molar-refractivity contribution is 5.85. The Morgan fingerprint density at radius 2 is 1.74 bits per heavy atom. The Balaban J connectivity index is 0.00000253. The van der Waals surface area contributed by atoms with E-state index in [1.54, 1.807) is 33.4 Å². The minimum absolute atomic E-state index is 0. The van der Waals surface area contributed by atoms with Gasteiger partial charge < -0.3 is 19.7 Å². The van der Waals surface area contributed by atoms with Gasteiger partial charge in [0, 0.05) is 43.2 Å². The van der Waals surface area contributed by atoms with Crippen molar-refractivity contribution in [1.82, 2.24) is 19.4 Å². The van der Waals surface area contributed by atoms with Crippen LogP contribution in [0.4, 0.5) is 4.39 Å². The standard InChI is InChI=1S/C25H27FN4O4.ClH/c26-20-11-16(12-21-24(20)34-10-9-33-21)13-27-18-5-7-28(8-6-18)14-19-15-29-22(31)3-1-17-2-4-23(32)30(19)25(17)29;/h1-4,11-12,18-19,27H,5-10,13-15H2;1H/t19-;/m1./s1. The predicted octanol–water partition coefficient (Wildman–Crippen LogP) is 2.30. The van der Waals surface area contributed by atoms with E-state index in [0.29, 0.717) is 38.1 Å². The highest BCUT2D eigenvalue weighted by Crippen LogP contribution is 2.34. The van der Waals surface area contributed by atoms with E-state index in [0.717, 1.165) is 49.1 Å². The summed E-state index contributed by atoms with van der Waals surface area (Å²) < 4.78 is 28.7. The summed E-state index contributed by atoms with van der Waals surface area (Å²) in [7, 11) is 0. The van der Waals surface area contributed by atoms with Gasteiger partial charge in [-0.1, -0.05) is 0 Å². The molecule has 2 aromatic heterocycles. The minimum atomic E-state index is -0.384. The lowest BCUT2D eigenvalue weighted by molar-refractivity contribution is 0.163. The molecule has 0 spiro atoms. The number of halogens is 2. The zero-order valence-electron chi connectivity index (χ0n) is 19.2. The topological polar surface area (TPSA) is 77.7 Å². The van der Waals surface area contributed by atoms with Gasteiger partial charge in [-0.2, -0.15) is 0 Å². The van der Waals surface area contributed by atoms with Crippen LogP contribution in [0.2, 0.25) is 0 Å². The van der Waals surface area contributed by atoms with E-state index in [-0.39, 0.29) is 41.1 Å². The lowest BCUT2D eigenvalue weighted by atomic mass is 10.0. The molecule has 1 saturated heterocycles. The molecular weight excluding hydrogens is 475 g/mol. The van der Waals surface area contributed by atoms with E-state index in [9.17, 15) is 14.0 Å². The van der Waals surface area contributed by atoms with Crippen LogP contribution in [-0.4, -0.2) is 52.9 Å². The normalized spacial score (nSPS) is 19.6. The number of fused-ring (bicyclic) bond motifs is 1. The molecule has 1 N–H and O–H groups in total. The molecule has 0 bridgehead atoms. The van der Waals surface area contributed by atoms with Gasteiger partial charge in [0.25, 0.3) is 11.1 Å². The molecule has 3 aliphatic heterocycles. The van der Waals surface area contributed by atoms with E-state index in [1.165, 1.54) is 6.07 Å². The Bertz CT molecular complexity index is 1360. The first-order chi connectivity index (χ1) is 16.6. The maximum Gasteiger partial charge on any atom is 0.252 e. The maximum absolute atomic E-state index is 14.3. The number of ether oxygens (including phenoxy) is 2. The minimum Gasteiger partial charge on any atom is -0.486 e. The molecule has 1 atom stereocenters. The molecule has 6 rings (SSSR count). The predicted molar refractivity (Wildman–Crippen MR) is 132 cm³/mol. The first-order valence-corrected chi connectivity index (χ1v) is 11.9. The molecule has 0 saturated carbocycles. The monoisotopic (exact) mass is 502 g/mol. The Morgan fingerprint density at radius 3 is 2.54 bits per heavy atom. The molecule has 5 heterocycles. The lowest BCUT2D eigenvalue weighted by Gasteiger charge is -2.34. The number of likely N-dealkylation sites (tertiary alicyclic amines) is 1. The maximum atomic E-state index is 14.3. The van der Waals surface area contributed by atoms with Crippen molar-refractivity contribution in [1.29, 1.82) is 0 Å². The first-order valence-electron chi connectivity index (χ1n) is 11.9. The number of aromatic nitrogens is 2. The van der Waals surface area contributed by atoms with Gasteiger partial charge in [-0.05, 0) is 55.8 Å². The second-order valence-electron chi connectivity index (χ2n) is 9.31. The SMILES string of the molecule is Cl.O=c1ccc2ccc(=O)n3c2n1C[C@H]3CN1CCC(NCc2cc(F)c3c(c2)OCCO3)CC1. The highest BCUT2D eigenvalue weighted by Gasteiger charge is 2.29. The van der Waals surface area contributed by atoms with E-state index >= 15 is 0 Å². The van der Waals surface area contributed by atoms with Crippen molar-refractivity contribution in [3.8, 4) is 11.5 Å². The third-order valence-corrected chi connectivity index (χ3v) is 7.12. The summed E-state index contributed by atoms with van der Waals surface area (Å²) in [4.78, 5) is 27.4. The summed E-state index contributed by atoms with van der Waals surface area (Å²) in [5.74, 6) is 0.292. The molecule has 35 heavy (non-hydrogen) atoms. The number of nitrogens with one attached hydrogen (secondary N) is 1. The van der Waals surface area contributed by atoms with Crippen molar-refractivity contribution in [2.75, 3.05) is 32.8 Å². The molecule has 10 heteroatoms. The summed E-state index contributed by atoms with van der Waals surface area (Å²) >= 11 is 0. The average molecular weight is 503 g/mol. The fourth-order valence-corrected chi connectivity index (χ4v) is 5.44. The van der Waals surface area contributed by atoms with Crippen molar-refractivity contribution >= 4 is 23.4 Å². The first kappa shape index (κ1) is 23.8. The second kappa shape index (κ2) is 9.64. The number of pyridine rings is 2. The molecule has 1 aromatic carbocycles. The fraction of sp³-hybridized carbons (Fsp3) is 0.440. The Kier molecular flexibility index (Phi) is 6.57. The van der Waals surface area contributed by atoms with Crippen LogP contribution in [0.25, 0.3) is 11.0 Å². The number of benzene rings is 1. The number of nitrogens with zero attached hydrogens (tertiary/aromatic N) is 3. The van der Waals surface area contributed by atoms with Crippen molar-refractivity contribution in [3.63, 3.8) is 0 Å². The fourth-order valence-electron chi connectivity index (χ4n) is 5.44. The summed E-state index contributed by atoms with van der Waals surface area (Å²) in [5, 5.41) is 4.46. The van der Waals surface area contributed by atoms with E-state index < -0.39 is 0 Å². The van der Waals surface area contributed by atoms with Crippen LogP contribution in [0.3, 0.4) is 0 Å². The van der Waals surface area contributed by atoms with Crippen molar-refractivity contribution in [2.24, 2.45) is 0 Å². The average Bonchev–Trinajstić information content (AvgIpc) is 3.24. The van der Waals surface area contributed by atoms with Crippen LogP contribution in [-0.2, 0) is 13.1 Å². The lowest BCUT2D eigenvalue weighted by Crippen LogP contribution is -2.44. The quantitative estimate of drug-likeness (QED) is 0.577. The van der Waals surface area contributed by atoms with Gasteiger partial charge in [-0.25, -0.2) is 4.39 Å². The van der Waals surface area contributed by atoms with Crippen LogP contribution in [0.5, 0.6) is 11.5 Å². The Morgan fingerprint density at radius 1 is 1.00 bits per heavy atom. The van der Waals surface area contributed by atoms with Crippen LogP contribution in [0.15, 0.2) is 46.0 Å². The Hall–Kier alpha value is -2.88. The molecule has 8 nitrogen and oxygen atoms in total. The zero-order valence-corrected chi connectivity index (χ0v) is 20.1. The Labute approximate surface area is 207 Å². The van der Waals surface area contributed by atoms with Gasteiger partial charge in [0.1, 0.15) is 18.9 Å². The smallest absolute Gasteiger partial charge is 0.252 e. The largest absolute Gasteiger partial charge is 0.486 e. The molecular formula is C25H28ClFN4O4. The van der Waals surface area contributed by atoms with Crippen LogP contribution in [0, 0.1) is 5.82 Å². The zero-order chi connectivity index (χ0) is 23.2. The molecule has 0 amide bonds. The molecule has 1 fully saturated rings. The third-order valence-electron chi connectivity index (χ3n) is 7.12. The summed E-state index contributed by atoms with van der Waals surface area (Å²) in [6.07, 6.45) is 1.93. The number of piperidine rings is 1. The molecule has 0 radical (unpaired) electrons. The van der Waals surface area contributed by atoms with E-state index in [1.807, 2.05) is 6.07 Å². The highest BCUT2D eigenvalue weighted by atomic mass is 35.5. The summed E-state index contributed by atoms with van der Waals surface area (Å²) in [6, 6.07) is 10.4.